The first kappa shape index (κ1) is 20.4. The molecule has 31 heavy (non-hydrogen) atoms. The van der Waals surface area contributed by atoms with Gasteiger partial charge in [0.2, 0.25) is 0 Å². The molecule has 3 atom stereocenters. The Labute approximate surface area is 189 Å². The average molecular weight is 431 g/mol. The number of para-hydroxylation sites is 1. The number of hydrogen-bond acceptors (Lipinski definition) is 4. The molecule has 0 aliphatic carbocycles. The smallest absolute Gasteiger partial charge is 0.160 e. The molecule has 3 unspecified atom stereocenters. The van der Waals surface area contributed by atoms with E-state index in [0.717, 1.165) is 17.9 Å². The van der Waals surface area contributed by atoms with Crippen molar-refractivity contribution < 1.29 is 0 Å². The minimum Gasteiger partial charge on any atom is -0.338 e. The van der Waals surface area contributed by atoms with E-state index >= 15 is 0 Å². The largest absolute Gasteiger partial charge is 0.338 e. The summed E-state index contributed by atoms with van der Waals surface area (Å²) in [6.07, 6.45) is 3.02. The first-order valence-corrected chi connectivity index (χ1v) is 12.1. The van der Waals surface area contributed by atoms with E-state index in [4.69, 9.17) is 9.98 Å². The van der Waals surface area contributed by atoms with Gasteiger partial charge in [0.1, 0.15) is 6.04 Å². The van der Waals surface area contributed by atoms with Crippen molar-refractivity contribution in [1.29, 1.82) is 0 Å². The lowest BCUT2D eigenvalue weighted by Gasteiger charge is -2.32. The standard InChI is InChI=1S/C26H30N4S/c1-6-20-15-31-26-28-23(22-12-7-8-13-27-22)25(30(20)26)21-14-18(4)29(19(21)5)24-16(2)10-9-11-17(24)3/h7-14,20,23,25H,6,15H2,1-5H3. The van der Waals surface area contributed by atoms with Crippen molar-refractivity contribution in [3.63, 3.8) is 0 Å². The van der Waals surface area contributed by atoms with Gasteiger partial charge in [-0.3, -0.25) is 9.98 Å². The lowest BCUT2D eigenvalue weighted by atomic mass is 9.95. The Morgan fingerprint density at radius 2 is 1.81 bits per heavy atom. The van der Waals surface area contributed by atoms with Gasteiger partial charge in [-0.15, -0.1) is 0 Å². The topological polar surface area (TPSA) is 33.4 Å². The molecule has 0 radical (unpaired) electrons. The Kier molecular flexibility index (Phi) is 5.17. The molecule has 1 saturated heterocycles. The first-order valence-electron chi connectivity index (χ1n) is 11.2. The van der Waals surface area contributed by atoms with Crippen molar-refractivity contribution in [2.24, 2.45) is 4.99 Å². The van der Waals surface area contributed by atoms with Gasteiger partial charge in [0.15, 0.2) is 5.17 Å². The van der Waals surface area contributed by atoms with Crippen molar-refractivity contribution in [2.75, 3.05) is 5.75 Å². The highest BCUT2D eigenvalue weighted by atomic mass is 32.2. The van der Waals surface area contributed by atoms with Crippen molar-refractivity contribution in [2.45, 2.75) is 59.2 Å². The molecule has 4 nitrogen and oxygen atoms in total. The van der Waals surface area contributed by atoms with E-state index in [-0.39, 0.29) is 12.1 Å². The number of nitrogens with zero attached hydrogens (tertiary/aromatic N) is 4. The Balaban J connectivity index is 1.67. The van der Waals surface area contributed by atoms with E-state index < -0.39 is 0 Å². The van der Waals surface area contributed by atoms with Gasteiger partial charge < -0.3 is 9.47 Å². The normalized spacial score (nSPS) is 22.7. The lowest BCUT2D eigenvalue weighted by molar-refractivity contribution is 0.254. The summed E-state index contributed by atoms with van der Waals surface area (Å²) in [4.78, 5) is 12.5. The predicted octanol–water partition coefficient (Wildman–Crippen LogP) is 6.09. The van der Waals surface area contributed by atoms with Gasteiger partial charge >= 0.3 is 0 Å². The second-order valence-corrected chi connectivity index (χ2v) is 9.73. The van der Waals surface area contributed by atoms with Crippen molar-refractivity contribution in [3.05, 3.63) is 82.4 Å². The van der Waals surface area contributed by atoms with E-state index in [0.29, 0.717) is 6.04 Å². The second-order valence-electron chi connectivity index (χ2n) is 8.74. The molecule has 4 heterocycles. The van der Waals surface area contributed by atoms with Gasteiger partial charge in [0.05, 0.1) is 17.4 Å². The van der Waals surface area contributed by atoms with Crippen LogP contribution in [0, 0.1) is 27.7 Å². The molecule has 1 aromatic carbocycles. The number of pyridine rings is 1. The zero-order valence-corrected chi connectivity index (χ0v) is 19.8. The number of fused-ring (bicyclic) bond motifs is 1. The Bertz CT molecular complexity index is 1130. The molecule has 2 aromatic heterocycles. The molecule has 5 rings (SSSR count). The number of hydrogen-bond donors (Lipinski definition) is 0. The molecule has 0 bridgehead atoms. The summed E-state index contributed by atoms with van der Waals surface area (Å²) in [5, 5.41) is 1.18. The Hall–Kier alpha value is -2.53. The monoisotopic (exact) mass is 430 g/mol. The van der Waals surface area contributed by atoms with E-state index in [1.165, 1.54) is 38.9 Å². The maximum Gasteiger partial charge on any atom is 0.160 e. The van der Waals surface area contributed by atoms with E-state index in [2.05, 4.69) is 80.5 Å². The third kappa shape index (κ3) is 3.21. The van der Waals surface area contributed by atoms with E-state index in [9.17, 15) is 0 Å². The van der Waals surface area contributed by atoms with Gasteiger partial charge in [-0.1, -0.05) is 43.0 Å². The van der Waals surface area contributed by atoms with Crippen molar-refractivity contribution in [1.82, 2.24) is 14.5 Å². The van der Waals surface area contributed by atoms with Crippen LogP contribution in [-0.4, -0.2) is 31.4 Å². The van der Waals surface area contributed by atoms with Gasteiger partial charge in [-0.05, 0) is 69.0 Å². The average Bonchev–Trinajstić information content (AvgIpc) is 3.41. The first-order chi connectivity index (χ1) is 15.0. The molecule has 160 valence electrons. The minimum atomic E-state index is 0.0324. The molecule has 3 aromatic rings. The number of rotatable bonds is 4. The molecule has 2 aliphatic rings. The van der Waals surface area contributed by atoms with Crippen LogP contribution in [0.2, 0.25) is 0 Å². The molecule has 0 spiro atoms. The number of amidine groups is 1. The minimum absolute atomic E-state index is 0.0324. The summed E-state index contributed by atoms with van der Waals surface area (Å²) in [6, 6.07) is 15.9. The second kappa shape index (κ2) is 7.86. The molecule has 0 amide bonds. The zero-order chi connectivity index (χ0) is 21.7. The van der Waals surface area contributed by atoms with Crippen LogP contribution < -0.4 is 0 Å². The van der Waals surface area contributed by atoms with Crippen LogP contribution in [-0.2, 0) is 0 Å². The van der Waals surface area contributed by atoms with Crippen LogP contribution in [0.3, 0.4) is 0 Å². The maximum absolute atomic E-state index is 5.20. The van der Waals surface area contributed by atoms with Crippen LogP contribution in [0.25, 0.3) is 5.69 Å². The summed E-state index contributed by atoms with van der Waals surface area (Å²) < 4.78 is 2.44. The highest BCUT2D eigenvalue weighted by molar-refractivity contribution is 8.14. The SMILES string of the molecule is CCC1CSC2=NC(c3ccccn3)C(c3cc(C)n(-c4c(C)cccc4C)c3C)N21. The maximum atomic E-state index is 5.20. The van der Waals surface area contributed by atoms with Crippen molar-refractivity contribution >= 4 is 16.9 Å². The summed E-state index contributed by atoms with van der Waals surface area (Å²) in [5.74, 6) is 1.12. The van der Waals surface area contributed by atoms with Gasteiger partial charge in [0.25, 0.3) is 0 Å². The third-order valence-electron chi connectivity index (χ3n) is 6.78. The highest BCUT2D eigenvalue weighted by Gasteiger charge is 2.46. The van der Waals surface area contributed by atoms with Crippen LogP contribution in [0.4, 0.5) is 0 Å². The van der Waals surface area contributed by atoms with E-state index in [1.54, 1.807) is 0 Å². The van der Waals surface area contributed by atoms with Crippen LogP contribution >= 0.6 is 11.8 Å². The fourth-order valence-corrected chi connectivity index (χ4v) is 6.61. The summed E-state index contributed by atoms with van der Waals surface area (Å²) >= 11 is 1.90. The zero-order valence-electron chi connectivity index (χ0n) is 19.0. The van der Waals surface area contributed by atoms with Crippen molar-refractivity contribution in [3.8, 4) is 5.69 Å². The Morgan fingerprint density at radius 1 is 1.03 bits per heavy atom. The van der Waals surface area contributed by atoms with E-state index in [1.807, 2.05) is 24.0 Å². The highest BCUT2D eigenvalue weighted by Crippen LogP contribution is 2.50. The summed E-state index contributed by atoms with van der Waals surface area (Å²) in [7, 11) is 0. The fourth-order valence-electron chi connectivity index (χ4n) is 5.28. The third-order valence-corrected chi connectivity index (χ3v) is 7.91. The van der Waals surface area contributed by atoms with Crippen LogP contribution in [0.5, 0.6) is 0 Å². The molecule has 0 saturated carbocycles. The number of aryl methyl sites for hydroxylation is 3. The van der Waals surface area contributed by atoms with Gasteiger partial charge in [-0.25, -0.2) is 0 Å². The van der Waals surface area contributed by atoms with Gasteiger partial charge in [0, 0.05) is 29.4 Å². The number of aliphatic imine (C=N–C) groups is 1. The number of benzene rings is 1. The fraction of sp³-hybridized carbons (Fsp3) is 0.385. The number of thioether (sulfide) groups is 1. The van der Waals surface area contributed by atoms with Crippen LogP contribution in [0.1, 0.15) is 59.2 Å². The van der Waals surface area contributed by atoms with Crippen LogP contribution in [0.15, 0.2) is 53.7 Å². The summed E-state index contributed by atoms with van der Waals surface area (Å²) in [5.41, 5.74) is 8.93. The molecule has 5 heteroatoms. The molecular formula is C26H30N4S. The van der Waals surface area contributed by atoms with Gasteiger partial charge in [-0.2, -0.15) is 0 Å². The quantitative estimate of drug-likeness (QED) is 0.502. The Morgan fingerprint density at radius 3 is 2.48 bits per heavy atom. The predicted molar refractivity (Wildman–Crippen MR) is 130 cm³/mol. The summed E-state index contributed by atoms with van der Waals surface area (Å²) in [6.45, 7) is 11.2. The molecule has 2 aliphatic heterocycles. The molecular weight excluding hydrogens is 400 g/mol. The lowest BCUT2D eigenvalue weighted by Crippen LogP contribution is -2.35. The molecule has 1 fully saturated rings. The molecule has 0 N–H and O–H groups in total. The number of aromatic nitrogens is 2.